The first-order chi connectivity index (χ1) is 6.75. The molecule has 0 aliphatic carbocycles. The Labute approximate surface area is 81.4 Å². The van der Waals surface area contributed by atoms with Crippen LogP contribution >= 0.6 is 0 Å². The highest BCUT2D eigenvalue weighted by atomic mass is 19.1. The van der Waals surface area contributed by atoms with E-state index in [0.717, 1.165) is 11.1 Å². The molecule has 0 atom stereocenters. The van der Waals surface area contributed by atoms with Gasteiger partial charge in [0.25, 0.3) is 0 Å². The predicted octanol–water partition coefficient (Wildman–Crippen LogP) is 3.20. The van der Waals surface area contributed by atoms with E-state index >= 15 is 0 Å². The zero-order valence-electron chi connectivity index (χ0n) is 7.44. The third-order valence-corrected chi connectivity index (χ3v) is 2.03. The SMILES string of the molecule is Oc1ccc(-c2cccc(F)c2)cc1. The number of rotatable bonds is 1. The molecule has 0 aliphatic heterocycles. The van der Waals surface area contributed by atoms with Crippen LogP contribution in [0.4, 0.5) is 4.39 Å². The average Bonchev–Trinajstić information content (AvgIpc) is 2.19. The summed E-state index contributed by atoms with van der Waals surface area (Å²) < 4.78 is 12.9. The fourth-order valence-electron chi connectivity index (χ4n) is 1.32. The van der Waals surface area contributed by atoms with Crippen LogP contribution in [-0.2, 0) is 0 Å². The Morgan fingerprint density at radius 1 is 0.857 bits per heavy atom. The van der Waals surface area contributed by atoms with Crippen molar-refractivity contribution in [3.63, 3.8) is 0 Å². The lowest BCUT2D eigenvalue weighted by Crippen LogP contribution is -1.78. The van der Waals surface area contributed by atoms with Crippen LogP contribution in [0, 0.1) is 5.82 Å². The minimum absolute atomic E-state index is 0.213. The molecule has 0 saturated carbocycles. The summed E-state index contributed by atoms with van der Waals surface area (Å²) in [5.74, 6) is -0.0410. The van der Waals surface area contributed by atoms with Gasteiger partial charge in [0.15, 0.2) is 0 Å². The zero-order chi connectivity index (χ0) is 9.97. The molecule has 2 aromatic carbocycles. The van der Waals surface area contributed by atoms with E-state index in [2.05, 4.69) is 0 Å². The molecule has 2 aromatic rings. The summed E-state index contributed by atoms with van der Waals surface area (Å²) in [6.45, 7) is 0. The number of benzene rings is 2. The Bertz CT molecular complexity index is 434. The van der Waals surface area contributed by atoms with E-state index in [0.29, 0.717) is 0 Å². The molecule has 1 nitrogen and oxygen atoms in total. The first-order valence-electron chi connectivity index (χ1n) is 4.31. The van der Waals surface area contributed by atoms with Crippen LogP contribution in [0.15, 0.2) is 48.5 Å². The second kappa shape index (κ2) is 3.50. The van der Waals surface area contributed by atoms with Crippen LogP contribution in [0.1, 0.15) is 0 Å². The number of hydrogen-bond acceptors (Lipinski definition) is 1. The molecule has 0 fully saturated rings. The van der Waals surface area contributed by atoms with Crippen LogP contribution in [0.3, 0.4) is 0 Å². The van der Waals surface area contributed by atoms with Gasteiger partial charge in [-0.3, -0.25) is 0 Å². The van der Waals surface area contributed by atoms with Crippen molar-refractivity contribution in [3.8, 4) is 16.9 Å². The van der Waals surface area contributed by atoms with Crippen LogP contribution in [0.2, 0.25) is 0 Å². The normalized spacial score (nSPS) is 10.1. The quantitative estimate of drug-likeness (QED) is 0.728. The van der Waals surface area contributed by atoms with Crippen LogP contribution < -0.4 is 0 Å². The number of phenolic OH excluding ortho intramolecular Hbond substituents is 1. The van der Waals surface area contributed by atoms with Crippen LogP contribution in [-0.4, -0.2) is 5.11 Å². The lowest BCUT2D eigenvalue weighted by molar-refractivity contribution is 0.475. The maximum Gasteiger partial charge on any atom is 0.123 e. The van der Waals surface area contributed by atoms with E-state index < -0.39 is 0 Å². The van der Waals surface area contributed by atoms with Gasteiger partial charge in [-0.25, -0.2) is 4.39 Å². The lowest BCUT2D eigenvalue weighted by Gasteiger charge is -2.01. The summed E-state index contributed by atoms with van der Waals surface area (Å²) in [5.41, 5.74) is 1.70. The Balaban J connectivity index is 2.44. The number of phenols is 1. The number of aromatic hydroxyl groups is 1. The molecule has 0 spiro atoms. The molecule has 0 amide bonds. The van der Waals surface area contributed by atoms with Gasteiger partial charge in [-0.05, 0) is 35.4 Å². The lowest BCUT2D eigenvalue weighted by atomic mass is 10.1. The fourth-order valence-corrected chi connectivity index (χ4v) is 1.32. The molecule has 0 radical (unpaired) electrons. The third kappa shape index (κ3) is 1.74. The molecule has 2 heteroatoms. The van der Waals surface area contributed by atoms with Gasteiger partial charge in [-0.1, -0.05) is 24.3 Å². The Morgan fingerprint density at radius 3 is 2.21 bits per heavy atom. The minimum Gasteiger partial charge on any atom is -0.508 e. The Hall–Kier alpha value is -1.83. The molecular formula is C12H9FO. The van der Waals surface area contributed by atoms with Crippen molar-refractivity contribution in [1.29, 1.82) is 0 Å². The molecular weight excluding hydrogens is 179 g/mol. The van der Waals surface area contributed by atoms with Crippen molar-refractivity contribution in [2.24, 2.45) is 0 Å². The van der Waals surface area contributed by atoms with E-state index in [1.807, 2.05) is 6.07 Å². The maximum atomic E-state index is 12.9. The minimum atomic E-state index is -0.254. The van der Waals surface area contributed by atoms with Crippen molar-refractivity contribution in [1.82, 2.24) is 0 Å². The summed E-state index contributed by atoms with van der Waals surface area (Å²) in [6.07, 6.45) is 0. The zero-order valence-corrected chi connectivity index (χ0v) is 7.44. The van der Waals surface area contributed by atoms with Gasteiger partial charge in [0.2, 0.25) is 0 Å². The summed E-state index contributed by atoms with van der Waals surface area (Å²) in [7, 11) is 0. The van der Waals surface area contributed by atoms with Crippen molar-refractivity contribution in [2.45, 2.75) is 0 Å². The summed E-state index contributed by atoms with van der Waals surface area (Å²) in [5, 5.41) is 9.08. The second-order valence-electron chi connectivity index (χ2n) is 3.06. The van der Waals surface area contributed by atoms with E-state index in [9.17, 15) is 4.39 Å². The highest BCUT2D eigenvalue weighted by molar-refractivity contribution is 5.63. The van der Waals surface area contributed by atoms with E-state index in [4.69, 9.17) is 5.11 Å². The number of hydrogen-bond donors (Lipinski definition) is 1. The molecule has 1 N–H and O–H groups in total. The van der Waals surface area contributed by atoms with Crippen molar-refractivity contribution < 1.29 is 9.50 Å². The van der Waals surface area contributed by atoms with Gasteiger partial charge in [0.1, 0.15) is 11.6 Å². The van der Waals surface area contributed by atoms with E-state index in [-0.39, 0.29) is 11.6 Å². The molecule has 2 rings (SSSR count). The summed E-state index contributed by atoms with van der Waals surface area (Å²) in [4.78, 5) is 0. The molecule has 0 saturated heterocycles. The van der Waals surface area contributed by atoms with Gasteiger partial charge in [0.05, 0.1) is 0 Å². The van der Waals surface area contributed by atoms with Crippen LogP contribution in [0.5, 0.6) is 5.75 Å². The number of halogens is 1. The van der Waals surface area contributed by atoms with Crippen LogP contribution in [0.25, 0.3) is 11.1 Å². The van der Waals surface area contributed by atoms with Gasteiger partial charge < -0.3 is 5.11 Å². The first kappa shape index (κ1) is 8.75. The summed E-state index contributed by atoms with van der Waals surface area (Å²) in [6, 6.07) is 13.0. The highest BCUT2D eigenvalue weighted by Crippen LogP contribution is 2.22. The van der Waals surface area contributed by atoms with E-state index in [1.165, 1.54) is 12.1 Å². The topological polar surface area (TPSA) is 20.2 Å². The monoisotopic (exact) mass is 188 g/mol. The van der Waals surface area contributed by atoms with E-state index in [1.54, 1.807) is 30.3 Å². The molecule has 0 heterocycles. The van der Waals surface area contributed by atoms with Gasteiger partial charge in [0, 0.05) is 0 Å². The van der Waals surface area contributed by atoms with Crippen molar-refractivity contribution >= 4 is 0 Å². The largest absolute Gasteiger partial charge is 0.508 e. The highest BCUT2D eigenvalue weighted by Gasteiger charge is 1.98. The molecule has 0 unspecified atom stereocenters. The molecule has 14 heavy (non-hydrogen) atoms. The average molecular weight is 188 g/mol. The Morgan fingerprint density at radius 2 is 1.57 bits per heavy atom. The molecule has 0 aliphatic rings. The first-order valence-corrected chi connectivity index (χ1v) is 4.31. The molecule has 70 valence electrons. The predicted molar refractivity (Wildman–Crippen MR) is 53.5 cm³/mol. The molecule has 0 aromatic heterocycles. The van der Waals surface area contributed by atoms with Crippen molar-refractivity contribution in [3.05, 3.63) is 54.3 Å². The Kier molecular flexibility index (Phi) is 2.19. The van der Waals surface area contributed by atoms with Gasteiger partial charge in [-0.2, -0.15) is 0 Å². The maximum absolute atomic E-state index is 12.9. The van der Waals surface area contributed by atoms with Gasteiger partial charge >= 0.3 is 0 Å². The third-order valence-electron chi connectivity index (χ3n) is 2.03. The second-order valence-corrected chi connectivity index (χ2v) is 3.06. The van der Waals surface area contributed by atoms with Gasteiger partial charge in [-0.15, -0.1) is 0 Å². The van der Waals surface area contributed by atoms with Crippen molar-refractivity contribution in [2.75, 3.05) is 0 Å². The smallest absolute Gasteiger partial charge is 0.123 e. The standard InChI is InChI=1S/C12H9FO/c13-11-3-1-2-10(8-11)9-4-6-12(14)7-5-9/h1-8,14H. The molecule has 0 bridgehead atoms. The fraction of sp³-hybridized carbons (Fsp3) is 0. The summed E-state index contributed by atoms with van der Waals surface area (Å²) >= 11 is 0.